The minimum Gasteiger partial charge on any atom is -0.316 e. The van der Waals surface area contributed by atoms with E-state index in [9.17, 15) is 0 Å². The Morgan fingerprint density at radius 3 is 2.73 bits per heavy atom. The van der Waals surface area contributed by atoms with Crippen molar-refractivity contribution in [3.8, 4) is 0 Å². The molecule has 0 aromatic rings. The predicted molar refractivity (Wildman–Crippen MR) is 65.0 cm³/mol. The zero-order chi connectivity index (χ0) is 10.7. The molecule has 1 atom stereocenters. The Kier molecular flexibility index (Phi) is 3.68. The van der Waals surface area contributed by atoms with Crippen LogP contribution in [-0.4, -0.2) is 37.6 Å². The maximum atomic E-state index is 3.55. The van der Waals surface area contributed by atoms with Gasteiger partial charge in [0.15, 0.2) is 0 Å². The van der Waals surface area contributed by atoms with E-state index >= 15 is 0 Å². The van der Waals surface area contributed by atoms with Crippen LogP contribution in [0.3, 0.4) is 0 Å². The summed E-state index contributed by atoms with van der Waals surface area (Å²) in [6.07, 6.45) is 5.72. The number of hydrogen-bond acceptors (Lipinski definition) is 2. The summed E-state index contributed by atoms with van der Waals surface area (Å²) in [6, 6.07) is 0. The molecule has 1 aliphatic heterocycles. The first kappa shape index (κ1) is 11.4. The molecular formula is C13H26N2. The molecule has 2 aliphatic rings. The van der Waals surface area contributed by atoms with E-state index in [1.165, 1.54) is 58.4 Å². The first-order valence-electron chi connectivity index (χ1n) is 6.65. The molecule has 88 valence electrons. The van der Waals surface area contributed by atoms with Crippen LogP contribution in [0.2, 0.25) is 0 Å². The highest BCUT2D eigenvalue weighted by atomic mass is 15.1. The van der Waals surface area contributed by atoms with Crippen LogP contribution in [0.5, 0.6) is 0 Å². The molecule has 2 heteroatoms. The topological polar surface area (TPSA) is 15.3 Å². The van der Waals surface area contributed by atoms with Gasteiger partial charge in [0.1, 0.15) is 0 Å². The van der Waals surface area contributed by atoms with Crippen molar-refractivity contribution in [2.75, 3.05) is 32.7 Å². The average Bonchev–Trinajstić information content (AvgIpc) is 3.01. The average molecular weight is 210 g/mol. The second-order valence-electron chi connectivity index (χ2n) is 5.86. The fourth-order valence-electron chi connectivity index (χ4n) is 2.76. The molecule has 2 fully saturated rings. The van der Waals surface area contributed by atoms with Gasteiger partial charge in [-0.3, -0.25) is 0 Å². The molecule has 0 spiro atoms. The Labute approximate surface area is 94.4 Å². The maximum absolute atomic E-state index is 3.55. The highest BCUT2D eigenvalue weighted by molar-refractivity contribution is 4.86. The molecule has 1 saturated carbocycles. The molecule has 1 N–H and O–H groups in total. The van der Waals surface area contributed by atoms with E-state index in [4.69, 9.17) is 0 Å². The van der Waals surface area contributed by atoms with Gasteiger partial charge in [0.25, 0.3) is 0 Å². The summed E-state index contributed by atoms with van der Waals surface area (Å²) < 4.78 is 0. The summed E-state index contributed by atoms with van der Waals surface area (Å²) >= 11 is 0. The van der Waals surface area contributed by atoms with Crippen molar-refractivity contribution in [2.45, 2.75) is 39.5 Å². The predicted octanol–water partition coefficient (Wildman–Crippen LogP) is 2.11. The molecule has 0 amide bonds. The van der Waals surface area contributed by atoms with Crippen LogP contribution in [-0.2, 0) is 0 Å². The van der Waals surface area contributed by atoms with Crippen molar-refractivity contribution < 1.29 is 0 Å². The lowest BCUT2D eigenvalue weighted by atomic mass is 9.82. The van der Waals surface area contributed by atoms with Crippen molar-refractivity contribution in [2.24, 2.45) is 11.3 Å². The normalized spacial score (nSPS) is 32.2. The highest BCUT2D eigenvalue weighted by Crippen LogP contribution is 2.32. The standard InChI is InChI=1S/C13H26N2/c1-3-15(9-12-5-6-12)11-13(2)7-4-8-14-10-13/h12,14H,3-11H2,1-2H3. The van der Waals surface area contributed by atoms with Gasteiger partial charge in [0, 0.05) is 19.6 Å². The fraction of sp³-hybridized carbons (Fsp3) is 1.00. The molecular weight excluding hydrogens is 184 g/mol. The van der Waals surface area contributed by atoms with Crippen molar-refractivity contribution in [1.29, 1.82) is 0 Å². The Morgan fingerprint density at radius 2 is 2.20 bits per heavy atom. The number of piperidine rings is 1. The zero-order valence-corrected chi connectivity index (χ0v) is 10.4. The fourth-order valence-corrected chi connectivity index (χ4v) is 2.76. The van der Waals surface area contributed by atoms with E-state index in [1.54, 1.807) is 0 Å². The van der Waals surface area contributed by atoms with Crippen LogP contribution in [0.15, 0.2) is 0 Å². The van der Waals surface area contributed by atoms with Gasteiger partial charge in [-0.25, -0.2) is 0 Å². The Bertz CT molecular complexity index is 193. The molecule has 1 heterocycles. The summed E-state index contributed by atoms with van der Waals surface area (Å²) in [7, 11) is 0. The summed E-state index contributed by atoms with van der Waals surface area (Å²) in [5.41, 5.74) is 0.531. The molecule has 1 unspecified atom stereocenters. The Morgan fingerprint density at radius 1 is 1.40 bits per heavy atom. The van der Waals surface area contributed by atoms with Crippen molar-refractivity contribution >= 4 is 0 Å². The number of nitrogens with zero attached hydrogens (tertiary/aromatic N) is 1. The summed E-state index contributed by atoms with van der Waals surface area (Å²) in [5, 5.41) is 3.55. The van der Waals surface area contributed by atoms with Gasteiger partial charge in [-0.15, -0.1) is 0 Å². The first-order valence-corrected chi connectivity index (χ1v) is 6.65. The number of nitrogens with one attached hydrogen (secondary N) is 1. The molecule has 1 saturated heterocycles. The van der Waals surface area contributed by atoms with E-state index in [1.807, 2.05) is 0 Å². The second-order valence-corrected chi connectivity index (χ2v) is 5.86. The Balaban J connectivity index is 1.80. The van der Waals surface area contributed by atoms with Crippen LogP contribution in [0, 0.1) is 11.3 Å². The third-order valence-electron chi connectivity index (χ3n) is 3.95. The van der Waals surface area contributed by atoms with Gasteiger partial charge in [-0.1, -0.05) is 13.8 Å². The molecule has 1 aliphatic carbocycles. The lowest BCUT2D eigenvalue weighted by Crippen LogP contribution is -2.46. The number of hydrogen-bond donors (Lipinski definition) is 1. The van der Waals surface area contributed by atoms with Crippen LogP contribution in [0.1, 0.15) is 39.5 Å². The molecule has 0 radical (unpaired) electrons. The van der Waals surface area contributed by atoms with E-state index < -0.39 is 0 Å². The first-order chi connectivity index (χ1) is 7.22. The third-order valence-corrected chi connectivity index (χ3v) is 3.95. The monoisotopic (exact) mass is 210 g/mol. The molecule has 2 rings (SSSR count). The van der Waals surface area contributed by atoms with Gasteiger partial charge < -0.3 is 10.2 Å². The molecule has 2 nitrogen and oxygen atoms in total. The summed E-state index contributed by atoms with van der Waals surface area (Å²) in [6.45, 7) is 11.1. The van der Waals surface area contributed by atoms with Gasteiger partial charge in [0.05, 0.1) is 0 Å². The van der Waals surface area contributed by atoms with Gasteiger partial charge in [-0.05, 0) is 50.1 Å². The van der Waals surface area contributed by atoms with Crippen LogP contribution in [0.25, 0.3) is 0 Å². The minimum atomic E-state index is 0.531. The van der Waals surface area contributed by atoms with Crippen molar-refractivity contribution in [3.05, 3.63) is 0 Å². The summed E-state index contributed by atoms with van der Waals surface area (Å²) in [5.74, 6) is 1.03. The number of rotatable bonds is 5. The maximum Gasteiger partial charge on any atom is 0.00475 e. The molecule has 0 bridgehead atoms. The zero-order valence-electron chi connectivity index (χ0n) is 10.4. The van der Waals surface area contributed by atoms with E-state index in [0.29, 0.717) is 5.41 Å². The van der Waals surface area contributed by atoms with Crippen LogP contribution < -0.4 is 5.32 Å². The lowest BCUT2D eigenvalue weighted by molar-refractivity contribution is 0.133. The van der Waals surface area contributed by atoms with Gasteiger partial charge in [-0.2, -0.15) is 0 Å². The van der Waals surface area contributed by atoms with Crippen molar-refractivity contribution in [3.63, 3.8) is 0 Å². The van der Waals surface area contributed by atoms with E-state index in [2.05, 4.69) is 24.1 Å². The molecule has 0 aromatic carbocycles. The van der Waals surface area contributed by atoms with E-state index in [0.717, 1.165) is 5.92 Å². The van der Waals surface area contributed by atoms with Gasteiger partial charge in [0.2, 0.25) is 0 Å². The largest absolute Gasteiger partial charge is 0.316 e. The van der Waals surface area contributed by atoms with Crippen molar-refractivity contribution in [1.82, 2.24) is 10.2 Å². The van der Waals surface area contributed by atoms with Crippen LogP contribution in [0.4, 0.5) is 0 Å². The SMILES string of the molecule is CCN(CC1CC1)CC1(C)CCCNC1. The van der Waals surface area contributed by atoms with Crippen LogP contribution >= 0.6 is 0 Å². The molecule has 15 heavy (non-hydrogen) atoms. The van der Waals surface area contributed by atoms with Gasteiger partial charge >= 0.3 is 0 Å². The second kappa shape index (κ2) is 4.84. The smallest absolute Gasteiger partial charge is 0.00475 e. The molecule has 0 aromatic heterocycles. The summed E-state index contributed by atoms with van der Waals surface area (Å²) in [4.78, 5) is 2.67. The third kappa shape index (κ3) is 3.46. The Hall–Kier alpha value is -0.0800. The van der Waals surface area contributed by atoms with E-state index in [-0.39, 0.29) is 0 Å². The minimum absolute atomic E-state index is 0.531. The quantitative estimate of drug-likeness (QED) is 0.747. The lowest BCUT2D eigenvalue weighted by Gasteiger charge is -2.38. The highest BCUT2D eigenvalue weighted by Gasteiger charge is 2.31.